The molecule has 0 aliphatic carbocycles. The molecule has 0 saturated heterocycles. The highest BCUT2D eigenvalue weighted by Gasteiger charge is 2.05. The molecule has 2 aromatic rings. The standard InChI is InChI=1S/C18H21N3O3/c22-17(10-6-14-24-15-7-2-1-3-8-15)20-12-13-21-18(23)16-9-4-5-11-19-16/h1-5,7-9,11H,6,10,12-14H2,(H,20,22)(H,21,23). The van der Waals surface area contributed by atoms with Gasteiger partial charge in [-0.3, -0.25) is 14.6 Å². The summed E-state index contributed by atoms with van der Waals surface area (Å²) < 4.78 is 5.52. The Morgan fingerprint density at radius 1 is 0.958 bits per heavy atom. The minimum atomic E-state index is -0.249. The van der Waals surface area contributed by atoms with Gasteiger partial charge in [-0.2, -0.15) is 0 Å². The van der Waals surface area contributed by atoms with Gasteiger partial charge in [0.05, 0.1) is 6.61 Å². The number of rotatable bonds is 9. The molecule has 0 aliphatic heterocycles. The fourth-order valence-electron chi connectivity index (χ4n) is 1.99. The summed E-state index contributed by atoms with van der Waals surface area (Å²) in [5.41, 5.74) is 0.363. The summed E-state index contributed by atoms with van der Waals surface area (Å²) in [6.07, 6.45) is 2.59. The number of benzene rings is 1. The van der Waals surface area contributed by atoms with Crippen LogP contribution in [0.5, 0.6) is 5.75 Å². The van der Waals surface area contributed by atoms with Gasteiger partial charge in [0.1, 0.15) is 11.4 Å². The first-order valence-electron chi connectivity index (χ1n) is 7.89. The average Bonchev–Trinajstić information content (AvgIpc) is 2.64. The van der Waals surface area contributed by atoms with Crippen LogP contribution in [0.15, 0.2) is 54.7 Å². The number of carbonyl (C=O) groups excluding carboxylic acids is 2. The van der Waals surface area contributed by atoms with Gasteiger partial charge in [-0.25, -0.2) is 0 Å². The molecule has 1 aromatic heterocycles. The first kappa shape index (κ1) is 17.5. The smallest absolute Gasteiger partial charge is 0.269 e. The number of para-hydroxylation sites is 1. The normalized spacial score (nSPS) is 10.0. The molecule has 0 radical (unpaired) electrons. The van der Waals surface area contributed by atoms with Crippen LogP contribution in [0, 0.1) is 0 Å². The van der Waals surface area contributed by atoms with Crippen molar-refractivity contribution in [1.29, 1.82) is 0 Å². The number of hydrogen-bond acceptors (Lipinski definition) is 4. The van der Waals surface area contributed by atoms with E-state index in [1.807, 2.05) is 30.3 Å². The molecule has 6 nitrogen and oxygen atoms in total. The Balaban J connectivity index is 1.51. The summed E-state index contributed by atoms with van der Waals surface area (Å²) in [6.45, 7) is 1.24. The zero-order valence-corrected chi connectivity index (χ0v) is 13.4. The molecule has 1 heterocycles. The van der Waals surface area contributed by atoms with Crippen LogP contribution >= 0.6 is 0 Å². The van der Waals surface area contributed by atoms with Gasteiger partial charge in [-0.15, -0.1) is 0 Å². The Hall–Kier alpha value is -2.89. The fourth-order valence-corrected chi connectivity index (χ4v) is 1.99. The summed E-state index contributed by atoms with van der Waals surface area (Å²) in [6, 6.07) is 14.6. The largest absolute Gasteiger partial charge is 0.494 e. The van der Waals surface area contributed by atoms with E-state index in [9.17, 15) is 9.59 Å². The van der Waals surface area contributed by atoms with Crippen LogP contribution in [0.25, 0.3) is 0 Å². The summed E-state index contributed by atoms with van der Waals surface area (Å²) >= 11 is 0. The molecule has 126 valence electrons. The Bertz CT molecular complexity index is 632. The van der Waals surface area contributed by atoms with Gasteiger partial charge < -0.3 is 15.4 Å². The van der Waals surface area contributed by atoms with Gasteiger partial charge in [0.25, 0.3) is 5.91 Å². The molecule has 2 N–H and O–H groups in total. The lowest BCUT2D eigenvalue weighted by Gasteiger charge is -2.08. The van der Waals surface area contributed by atoms with Gasteiger partial charge in [0, 0.05) is 25.7 Å². The van der Waals surface area contributed by atoms with Crippen molar-refractivity contribution in [3.8, 4) is 5.75 Å². The Labute approximate surface area is 141 Å². The Kier molecular flexibility index (Phi) is 7.27. The molecule has 24 heavy (non-hydrogen) atoms. The molecule has 0 fully saturated rings. The van der Waals surface area contributed by atoms with E-state index in [0.717, 1.165) is 5.75 Å². The summed E-state index contributed by atoms with van der Waals surface area (Å²) in [7, 11) is 0. The third kappa shape index (κ3) is 6.48. The van der Waals surface area contributed by atoms with E-state index in [1.54, 1.807) is 24.4 Å². The quantitative estimate of drug-likeness (QED) is 0.688. The molecule has 0 unspecified atom stereocenters. The zero-order chi connectivity index (χ0) is 17.0. The van der Waals surface area contributed by atoms with Gasteiger partial charge in [0.15, 0.2) is 0 Å². The van der Waals surface area contributed by atoms with Gasteiger partial charge in [-0.05, 0) is 30.7 Å². The third-order valence-corrected chi connectivity index (χ3v) is 3.19. The number of carbonyl (C=O) groups is 2. The molecule has 0 bridgehead atoms. The molecule has 2 amide bonds. The minimum Gasteiger partial charge on any atom is -0.494 e. The highest BCUT2D eigenvalue weighted by molar-refractivity contribution is 5.92. The van der Waals surface area contributed by atoms with Crippen LogP contribution < -0.4 is 15.4 Å². The second-order valence-corrected chi connectivity index (χ2v) is 5.09. The van der Waals surface area contributed by atoms with Crippen molar-refractivity contribution in [1.82, 2.24) is 15.6 Å². The van der Waals surface area contributed by atoms with Crippen molar-refractivity contribution in [2.75, 3.05) is 19.7 Å². The van der Waals surface area contributed by atoms with E-state index in [1.165, 1.54) is 0 Å². The fraction of sp³-hybridized carbons (Fsp3) is 0.278. The zero-order valence-electron chi connectivity index (χ0n) is 13.4. The second kappa shape index (κ2) is 9.99. The van der Waals surface area contributed by atoms with E-state index >= 15 is 0 Å². The number of pyridine rings is 1. The Morgan fingerprint density at radius 3 is 2.46 bits per heavy atom. The van der Waals surface area contributed by atoms with Crippen molar-refractivity contribution in [3.05, 3.63) is 60.4 Å². The molecule has 2 rings (SSSR count). The summed E-state index contributed by atoms with van der Waals surface area (Å²) in [5, 5.41) is 5.46. The first-order valence-corrected chi connectivity index (χ1v) is 7.89. The molecule has 6 heteroatoms. The van der Waals surface area contributed by atoms with Crippen LogP contribution in [-0.4, -0.2) is 36.5 Å². The van der Waals surface area contributed by atoms with E-state index in [-0.39, 0.29) is 11.8 Å². The van der Waals surface area contributed by atoms with E-state index in [2.05, 4.69) is 15.6 Å². The van der Waals surface area contributed by atoms with E-state index < -0.39 is 0 Å². The second-order valence-electron chi connectivity index (χ2n) is 5.09. The summed E-state index contributed by atoms with van der Waals surface area (Å²) in [4.78, 5) is 27.4. The van der Waals surface area contributed by atoms with Crippen LogP contribution in [0.2, 0.25) is 0 Å². The molecule has 0 aliphatic rings. The number of nitrogens with zero attached hydrogens (tertiary/aromatic N) is 1. The predicted molar refractivity (Wildman–Crippen MR) is 90.8 cm³/mol. The molecule has 0 spiro atoms. The van der Waals surface area contributed by atoms with Crippen molar-refractivity contribution >= 4 is 11.8 Å². The lowest BCUT2D eigenvalue weighted by molar-refractivity contribution is -0.121. The lowest BCUT2D eigenvalue weighted by Crippen LogP contribution is -2.35. The number of amides is 2. The lowest BCUT2D eigenvalue weighted by atomic mass is 10.3. The van der Waals surface area contributed by atoms with Crippen LogP contribution in [-0.2, 0) is 4.79 Å². The molecule has 0 saturated carbocycles. The maximum atomic E-state index is 11.7. The molecule has 1 aromatic carbocycles. The SMILES string of the molecule is O=C(CCCOc1ccccc1)NCCNC(=O)c1ccccn1. The van der Waals surface area contributed by atoms with Crippen molar-refractivity contribution in [2.45, 2.75) is 12.8 Å². The highest BCUT2D eigenvalue weighted by Crippen LogP contribution is 2.08. The number of ether oxygens (including phenoxy) is 1. The molecular formula is C18H21N3O3. The van der Waals surface area contributed by atoms with Crippen LogP contribution in [0.4, 0.5) is 0 Å². The van der Waals surface area contributed by atoms with Gasteiger partial charge in [0.2, 0.25) is 5.91 Å². The maximum absolute atomic E-state index is 11.7. The average molecular weight is 327 g/mol. The third-order valence-electron chi connectivity index (χ3n) is 3.19. The van der Waals surface area contributed by atoms with Gasteiger partial charge in [-0.1, -0.05) is 24.3 Å². The number of nitrogens with one attached hydrogen (secondary N) is 2. The van der Waals surface area contributed by atoms with Crippen molar-refractivity contribution in [3.63, 3.8) is 0 Å². The first-order chi connectivity index (χ1) is 11.8. The van der Waals surface area contributed by atoms with Crippen LogP contribution in [0.1, 0.15) is 23.3 Å². The monoisotopic (exact) mass is 327 g/mol. The van der Waals surface area contributed by atoms with E-state index in [4.69, 9.17) is 4.74 Å². The van der Waals surface area contributed by atoms with E-state index in [0.29, 0.717) is 38.2 Å². The predicted octanol–water partition coefficient (Wildman–Crippen LogP) is 1.79. The minimum absolute atomic E-state index is 0.0567. The van der Waals surface area contributed by atoms with Gasteiger partial charge >= 0.3 is 0 Å². The van der Waals surface area contributed by atoms with Crippen molar-refractivity contribution < 1.29 is 14.3 Å². The number of hydrogen-bond donors (Lipinski definition) is 2. The molecular weight excluding hydrogens is 306 g/mol. The maximum Gasteiger partial charge on any atom is 0.269 e. The van der Waals surface area contributed by atoms with Crippen LogP contribution in [0.3, 0.4) is 0 Å². The van der Waals surface area contributed by atoms with Crippen molar-refractivity contribution in [2.24, 2.45) is 0 Å². The topological polar surface area (TPSA) is 80.3 Å². The Morgan fingerprint density at radius 2 is 1.71 bits per heavy atom. The summed E-state index contributed by atoms with van der Waals surface area (Å²) in [5.74, 6) is 0.495. The highest BCUT2D eigenvalue weighted by atomic mass is 16.5. The molecule has 0 atom stereocenters. The number of aromatic nitrogens is 1.